The summed E-state index contributed by atoms with van der Waals surface area (Å²) < 4.78 is 6.76. The molecule has 0 aliphatic carbocycles. The molecule has 3 aromatic carbocycles. The Morgan fingerprint density at radius 2 is 1.62 bits per heavy atom. The first kappa shape index (κ1) is 23.9. The van der Waals surface area contributed by atoms with Crippen LogP contribution in [0.25, 0.3) is 27.8 Å². The van der Waals surface area contributed by atoms with Gasteiger partial charge in [0, 0.05) is 10.9 Å². The van der Waals surface area contributed by atoms with Crippen LogP contribution in [-0.2, 0) is 4.74 Å². The van der Waals surface area contributed by atoms with E-state index in [1.807, 2.05) is 92.7 Å². The second-order valence-electron chi connectivity index (χ2n) is 8.67. The quantitative estimate of drug-likeness (QED) is 0.289. The Kier molecular flexibility index (Phi) is 6.51. The minimum Gasteiger partial charge on any atom is -0.462 e. The van der Waals surface area contributed by atoms with Gasteiger partial charge in [0.15, 0.2) is 5.82 Å². The van der Waals surface area contributed by atoms with Gasteiger partial charge in [0.05, 0.1) is 35.3 Å². The molecule has 7 nitrogen and oxygen atoms in total. The van der Waals surface area contributed by atoms with Crippen molar-refractivity contribution in [2.45, 2.75) is 20.8 Å². The van der Waals surface area contributed by atoms with Gasteiger partial charge in [-0.05, 0) is 44.5 Å². The Balaban J connectivity index is 1.65. The first-order valence-corrected chi connectivity index (χ1v) is 12.1. The van der Waals surface area contributed by atoms with Crippen molar-refractivity contribution in [1.29, 1.82) is 0 Å². The summed E-state index contributed by atoms with van der Waals surface area (Å²) in [5.41, 5.74) is 5.59. The summed E-state index contributed by atoms with van der Waals surface area (Å²) in [6.07, 6.45) is 1.41. The molecule has 184 valence electrons. The number of aromatic nitrogens is 3. The highest BCUT2D eigenvalue weighted by molar-refractivity contribution is 6.15. The lowest BCUT2D eigenvalue weighted by molar-refractivity contribution is 0.0527. The van der Waals surface area contributed by atoms with E-state index < -0.39 is 5.97 Å². The minimum atomic E-state index is -0.559. The zero-order valence-corrected chi connectivity index (χ0v) is 20.9. The van der Waals surface area contributed by atoms with Gasteiger partial charge in [-0.15, -0.1) is 0 Å². The van der Waals surface area contributed by atoms with Gasteiger partial charge < -0.3 is 10.1 Å². The second kappa shape index (κ2) is 10.1. The topological polar surface area (TPSA) is 86.1 Å². The molecule has 0 aliphatic heterocycles. The van der Waals surface area contributed by atoms with Crippen LogP contribution in [0.1, 0.15) is 38.8 Å². The molecule has 0 saturated carbocycles. The van der Waals surface area contributed by atoms with Crippen molar-refractivity contribution < 1.29 is 14.3 Å². The van der Waals surface area contributed by atoms with E-state index in [-0.39, 0.29) is 23.9 Å². The van der Waals surface area contributed by atoms with E-state index in [1.165, 1.54) is 10.9 Å². The summed E-state index contributed by atoms with van der Waals surface area (Å²) in [4.78, 5) is 31.6. The number of amides is 1. The molecule has 1 amide bonds. The van der Waals surface area contributed by atoms with Crippen molar-refractivity contribution in [2.24, 2.45) is 0 Å². The first-order chi connectivity index (χ1) is 18.0. The summed E-state index contributed by atoms with van der Waals surface area (Å²) >= 11 is 0. The van der Waals surface area contributed by atoms with Gasteiger partial charge in [0.2, 0.25) is 0 Å². The molecule has 0 unspecified atom stereocenters. The Bertz CT molecular complexity index is 1610. The molecule has 0 bridgehead atoms. The van der Waals surface area contributed by atoms with E-state index in [4.69, 9.17) is 9.72 Å². The SMILES string of the molecule is CCOC(=O)c1cnn(-c2ccccc2)c1NC(=O)c1c(C)c(-c2ccc(C)cc2)nc2ccccc12. The molecule has 0 radical (unpaired) electrons. The fourth-order valence-electron chi connectivity index (χ4n) is 4.35. The lowest BCUT2D eigenvalue weighted by Gasteiger charge is -2.16. The predicted molar refractivity (Wildman–Crippen MR) is 144 cm³/mol. The Hall–Kier alpha value is -4.78. The van der Waals surface area contributed by atoms with Gasteiger partial charge >= 0.3 is 5.97 Å². The van der Waals surface area contributed by atoms with E-state index in [2.05, 4.69) is 10.4 Å². The van der Waals surface area contributed by atoms with Crippen LogP contribution in [0.4, 0.5) is 5.82 Å². The van der Waals surface area contributed by atoms with Crippen LogP contribution in [-0.4, -0.2) is 33.2 Å². The summed E-state index contributed by atoms with van der Waals surface area (Å²) in [5, 5.41) is 8.07. The van der Waals surface area contributed by atoms with Gasteiger partial charge in [-0.1, -0.05) is 66.2 Å². The van der Waals surface area contributed by atoms with E-state index in [0.717, 1.165) is 27.8 Å². The zero-order chi connectivity index (χ0) is 25.9. The number of nitrogens with zero attached hydrogens (tertiary/aromatic N) is 3. The molecule has 1 N–H and O–H groups in total. The monoisotopic (exact) mass is 490 g/mol. The van der Waals surface area contributed by atoms with Gasteiger partial charge in [-0.3, -0.25) is 4.79 Å². The number of para-hydroxylation sites is 2. The van der Waals surface area contributed by atoms with Crippen LogP contribution in [0.15, 0.2) is 85.1 Å². The number of anilines is 1. The molecule has 0 saturated heterocycles. The highest BCUT2D eigenvalue weighted by Gasteiger charge is 2.25. The largest absolute Gasteiger partial charge is 0.462 e. The number of rotatable bonds is 6. The lowest BCUT2D eigenvalue weighted by Crippen LogP contribution is -2.20. The average Bonchev–Trinajstić information content (AvgIpc) is 3.33. The van der Waals surface area contributed by atoms with Crippen molar-refractivity contribution in [1.82, 2.24) is 14.8 Å². The zero-order valence-electron chi connectivity index (χ0n) is 20.9. The van der Waals surface area contributed by atoms with E-state index in [9.17, 15) is 9.59 Å². The maximum absolute atomic E-state index is 14.0. The van der Waals surface area contributed by atoms with Crippen LogP contribution >= 0.6 is 0 Å². The van der Waals surface area contributed by atoms with E-state index >= 15 is 0 Å². The van der Waals surface area contributed by atoms with Gasteiger partial charge in [-0.25, -0.2) is 14.5 Å². The molecule has 5 rings (SSSR count). The van der Waals surface area contributed by atoms with Crippen LogP contribution in [0.3, 0.4) is 0 Å². The molecule has 0 aliphatic rings. The summed E-state index contributed by atoms with van der Waals surface area (Å²) in [7, 11) is 0. The molecule has 5 aromatic rings. The number of ether oxygens (including phenoxy) is 1. The normalized spacial score (nSPS) is 10.9. The Labute approximate surface area is 214 Å². The second-order valence-corrected chi connectivity index (χ2v) is 8.67. The molecule has 0 fully saturated rings. The molecule has 37 heavy (non-hydrogen) atoms. The summed E-state index contributed by atoms with van der Waals surface area (Å²) in [6, 6.07) is 24.9. The number of benzene rings is 3. The number of aryl methyl sites for hydroxylation is 1. The van der Waals surface area contributed by atoms with Crippen LogP contribution in [0, 0.1) is 13.8 Å². The number of hydrogen-bond donors (Lipinski definition) is 1. The average molecular weight is 491 g/mol. The van der Waals surface area contributed by atoms with E-state index in [0.29, 0.717) is 16.8 Å². The maximum atomic E-state index is 14.0. The predicted octanol–water partition coefficient (Wildman–Crippen LogP) is 6.13. The standard InChI is InChI=1S/C30H26N4O3/c1-4-37-30(36)24-18-31-34(22-10-6-5-7-11-22)28(24)33-29(35)26-20(3)27(21-16-14-19(2)15-17-21)32-25-13-9-8-12-23(25)26/h5-18H,4H2,1-3H3,(H,33,35). The number of fused-ring (bicyclic) bond motifs is 1. The number of nitrogens with one attached hydrogen (secondary N) is 1. The Morgan fingerprint density at radius 3 is 2.35 bits per heavy atom. The fourth-order valence-corrected chi connectivity index (χ4v) is 4.35. The number of carbonyl (C=O) groups excluding carboxylic acids is 2. The van der Waals surface area contributed by atoms with Crippen molar-refractivity contribution in [3.8, 4) is 16.9 Å². The first-order valence-electron chi connectivity index (χ1n) is 12.1. The van der Waals surface area contributed by atoms with Crippen LogP contribution < -0.4 is 5.32 Å². The molecule has 0 spiro atoms. The fraction of sp³-hybridized carbons (Fsp3) is 0.133. The van der Waals surface area contributed by atoms with Crippen LogP contribution in [0.5, 0.6) is 0 Å². The third-order valence-corrected chi connectivity index (χ3v) is 6.19. The van der Waals surface area contributed by atoms with Crippen molar-refractivity contribution in [2.75, 3.05) is 11.9 Å². The summed E-state index contributed by atoms with van der Waals surface area (Å²) in [5.74, 6) is -0.684. The van der Waals surface area contributed by atoms with Crippen molar-refractivity contribution in [3.05, 3.63) is 107 Å². The number of pyridine rings is 1. The van der Waals surface area contributed by atoms with Crippen molar-refractivity contribution >= 4 is 28.6 Å². The van der Waals surface area contributed by atoms with E-state index in [1.54, 1.807) is 6.92 Å². The third-order valence-electron chi connectivity index (χ3n) is 6.19. The molecule has 7 heteroatoms. The Morgan fingerprint density at radius 1 is 0.919 bits per heavy atom. The molecular weight excluding hydrogens is 464 g/mol. The molecule has 2 heterocycles. The van der Waals surface area contributed by atoms with Gasteiger partial charge in [-0.2, -0.15) is 5.10 Å². The third kappa shape index (κ3) is 4.59. The van der Waals surface area contributed by atoms with Gasteiger partial charge in [0.1, 0.15) is 5.56 Å². The molecular formula is C30H26N4O3. The highest BCUT2D eigenvalue weighted by atomic mass is 16.5. The lowest BCUT2D eigenvalue weighted by atomic mass is 9.96. The van der Waals surface area contributed by atoms with Gasteiger partial charge in [0.25, 0.3) is 5.91 Å². The minimum absolute atomic E-state index is 0.175. The smallest absolute Gasteiger partial charge is 0.343 e. The number of carbonyl (C=O) groups is 2. The number of hydrogen-bond acceptors (Lipinski definition) is 5. The molecule has 2 aromatic heterocycles. The molecule has 0 atom stereocenters. The maximum Gasteiger partial charge on any atom is 0.343 e. The number of esters is 1. The highest BCUT2D eigenvalue weighted by Crippen LogP contribution is 2.31. The van der Waals surface area contributed by atoms with Crippen molar-refractivity contribution in [3.63, 3.8) is 0 Å². The van der Waals surface area contributed by atoms with Crippen LogP contribution in [0.2, 0.25) is 0 Å². The summed E-state index contributed by atoms with van der Waals surface area (Å²) in [6.45, 7) is 5.86.